The van der Waals surface area contributed by atoms with E-state index >= 15 is 0 Å². The molecular formula is C20H17N3O2. The Hall–Kier alpha value is -3.39. The third-order valence-electron chi connectivity index (χ3n) is 4.12. The Balaban J connectivity index is 1.83. The molecule has 0 amide bonds. The van der Waals surface area contributed by atoms with Crippen molar-refractivity contribution in [3.05, 3.63) is 86.2 Å². The van der Waals surface area contributed by atoms with E-state index in [-0.39, 0.29) is 11.7 Å². The zero-order valence-electron chi connectivity index (χ0n) is 13.7. The van der Waals surface area contributed by atoms with Crippen molar-refractivity contribution in [3.63, 3.8) is 0 Å². The lowest BCUT2D eigenvalue weighted by atomic mass is 10.0. The molecule has 0 unspecified atom stereocenters. The molecule has 3 aromatic carbocycles. The number of rotatable bonds is 6. The van der Waals surface area contributed by atoms with Crippen molar-refractivity contribution in [2.24, 2.45) is 0 Å². The second-order valence-corrected chi connectivity index (χ2v) is 5.74. The van der Waals surface area contributed by atoms with Crippen LogP contribution < -0.4 is 21.5 Å². The predicted octanol–water partition coefficient (Wildman–Crippen LogP) is 3.46. The van der Waals surface area contributed by atoms with Gasteiger partial charge in [0, 0.05) is 5.69 Å². The van der Waals surface area contributed by atoms with Gasteiger partial charge in [-0.1, -0.05) is 37.3 Å². The van der Waals surface area contributed by atoms with Crippen LogP contribution in [0.25, 0.3) is 0 Å². The van der Waals surface area contributed by atoms with Crippen molar-refractivity contribution in [2.75, 3.05) is 10.6 Å². The molecule has 2 N–H and O–H groups in total. The summed E-state index contributed by atoms with van der Waals surface area (Å²) in [7, 11) is 0. The fourth-order valence-electron chi connectivity index (χ4n) is 2.70. The molecule has 0 aliphatic heterocycles. The van der Waals surface area contributed by atoms with Crippen molar-refractivity contribution in [1.29, 1.82) is 5.26 Å². The summed E-state index contributed by atoms with van der Waals surface area (Å²) in [6, 6.07) is 18.5. The highest BCUT2D eigenvalue weighted by atomic mass is 16.2. The maximum atomic E-state index is 12.0. The van der Waals surface area contributed by atoms with Gasteiger partial charge in [0.1, 0.15) is 11.4 Å². The number of nitrogens with one attached hydrogen (secondary N) is 2. The molecule has 0 aliphatic rings. The second-order valence-electron chi connectivity index (χ2n) is 5.74. The summed E-state index contributed by atoms with van der Waals surface area (Å²) >= 11 is 0. The lowest BCUT2D eigenvalue weighted by Crippen LogP contribution is -2.37. The van der Waals surface area contributed by atoms with E-state index in [0.717, 1.165) is 12.0 Å². The van der Waals surface area contributed by atoms with E-state index in [1.54, 1.807) is 24.3 Å². The maximum Gasteiger partial charge on any atom is 0.253 e. The number of nitriles is 1. The normalized spacial score (nSPS) is 11.7. The van der Waals surface area contributed by atoms with Crippen LogP contribution in [-0.2, 0) is 0 Å². The van der Waals surface area contributed by atoms with E-state index in [1.165, 1.54) is 0 Å². The SMILES string of the molecule is CC[C@H](Nc1c(Nc2ccc(C#N)cc2)c(=O)c1=O)c1ccccc1. The minimum absolute atomic E-state index is 0.0500. The first-order valence-electron chi connectivity index (χ1n) is 8.06. The predicted molar refractivity (Wildman–Crippen MR) is 98.9 cm³/mol. The molecule has 124 valence electrons. The first kappa shape index (κ1) is 16.5. The summed E-state index contributed by atoms with van der Waals surface area (Å²) in [6.07, 6.45) is 0.777. The molecule has 0 radical (unpaired) electrons. The molecule has 0 saturated carbocycles. The summed E-state index contributed by atoms with van der Waals surface area (Å²) in [5.41, 5.74) is 1.78. The van der Waals surface area contributed by atoms with Crippen LogP contribution in [-0.4, -0.2) is 0 Å². The van der Waals surface area contributed by atoms with Crippen LogP contribution in [0.4, 0.5) is 17.1 Å². The van der Waals surface area contributed by atoms with Gasteiger partial charge in [0.05, 0.1) is 17.7 Å². The standard InChI is InChI=1S/C20H17N3O2/c1-2-16(14-6-4-3-5-7-14)23-18-17(19(24)20(18)25)22-15-10-8-13(12-21)9-11-15/h3-11,16,22-23H,2H2,1H3/t16-/m0/s1. The zero-order chi connectivity index (χ0) is 17.8. The van der Waals surface area contributed by atoms with Gasteiger partial charge in [0.2, 0.25) is 0 Å². The summed E-state index contributed by atoms with van der Waals surface area (Å²) < 4.78 is 0. The number of anilines is 3. The van der Waals surface area contributed by atoms with E-state index in [1.807, 2.05) is 43.3 Å². The van der Waals surface area contributed by atoms with E-state index < -0.39 is 10.9 Å². The summed E-state index contributed by atoms with van der Waals surface area (Å²) in [5, 5.41) is 15.0. The molecule has 3 rings (SSSR count). The van der Waals surface area contributed by atoms with E-state index in [0.29, 0.717) is 16.9 Å². The van der Waals surface area contributed by atoms with Gasteiger partial charge in [0.25, 0.3) is 10.9 Å². The highest BCUT2D eigenvalue weighted by molar-refractivity contribution is 5.79. The average Bonchev–Trinajstić information content (AvgIpc) is 2.68. The molecule has 0 saturated heterocycles. The molecule has 5 nitrogen and oxygen atoms in total. The minimum atomic E-state index is -0.533. The highest BCUT2D eigenvalue weighted by Crippen LogP contribution is 2.27. The van der Waals surface area contributed by atoms with E-state index in [9.17, 15) is 9.59 Å². The molecular weight excluding hydrogens is 314 g/mol. The van der Waals surface area contributed by atoms with Gasteiger partial charge in [-0.2, -0.15) is 5.26 Å². The molecule has 0 fully saturated rings. The molecule has 0 spiro atoms. The van der Waals surface area contributed by atoms with Gasteiger partial charge in [0.15, 0.2) is 0 Å². The molecule has 0 aliphatic carbocycles. The Labute approximate surface area is 145 Å². The van der Waals surface area contributed by atoms with Crippen LogP contribution in [0.15, 0.2) is 64.2 Å². The zero-order valence-corrected chi connectivity index (χ0v) is 13.7. The maximum absolute atomic E-state index is 12.0. The van der Waals surface area contributed by atoms with Gasteiger partial charge < -0.3 is 10.6 Å². The monoisotopic (exact) mass is 331 g/mol. The number of hydrogen-bond acceptors (Lipinski definition) is 5. The molecule has 25 heavy (non-hydrogen) atoms. The van der Waals surface area contributed by atoms with Gasteiger partial charge in [-0.15, -0.1) is 0 Å². The van der Waals surface area contributed by atoms with Crippen LogP contribution in [0.5, 0.6) is 0 Å². The van der Waals surface area contributed by atoms with Crippen LogP contribution in [0, 0.1) is 11.3 Å². The minimum Gasteiger partial charge on any atom is -0.373 e. The summed E-state index contributed by atoms with van der Waals surface area (Å²) in [4.78, 5) is 23.9. The van der Waals surface area contributed by atoms with Crippen molar-refractivity contribution < 1.29 is 0 Å². The van der Waals surface area contributed by atoms with Crippen molar-refractivity contribution in [1.82, 2.24) is 0 Å². The number of benzene rings is 2. The lowest BCUT2D eigenvalue weighted by Gasteiger charge is -2.22. The molecule has 0 heterocycles. The van der Waals surface area contributed by atoms with Crippen LogP contribution in [0.1, 0.15) is 30.5 Å². The third kappa shape index (κ3) is 3.29. The van der Waals surface area contributed by atoms with Crippen LogP contribution >= 0.6 is 0 Å². The lowest BCUT2D eigenvalue weighted by molar-refractivity contribution is 0.747. The van der Waals surface area contributed by atoms with E-state index in [2.05, 4.69) is 10.6 Å². The fourth-order valence-corrected chi connectivity index (χ4v) is 2.70. The van der Waals surface area contributed by atoms with Gasteiger partial charge in [-0.25, -0.2) is 0 Å². The summed E-state index contributed by atoms with van der Waals surface area (Å²) in [6.45, 7) is 2.02. The van der Waals surface area contributed by atoms with Gasteiger partial charge >= 0.3 is 0 Å². The van der Waals surface area contributed by atoms with Crippen molar-refractivity contribution >= 4 is 17.1 Å². The Morgan fingerprint density at radius 3 is 2.20 bits per heavy atom. The Morgan fingerprint density at radius 1 is 0.960 bits per heavy atom. The molecule has 0 aromatic heterocycles. The quantitative estimate of drug-likeness (QED) is 0.676. The molecule has 3 aromatic rings. The first-order chi connectivity index (χ1) is 12.1. The van der Waals surface area contributed by atoms with Crippen molar-refractivity contribution in [3.8, 4) is 6.07 Å². The highest BCUT2D eigenvalue weighted by Gasteiger charge is 2.23. The third-order valence-corrected chi connectivity index (χ3v) is 4.12. The molecule has 0 bridgehead atoms. The molecule has 5 heteroatoms. The Kier molecular flexibility index (Phi) is 4.62. The number of nitrogens with zero attached hydrogens (tertiary/aromatic N) is 1. The van der Waals surface area contributed by atoms with Crippen LogP contribution in [0.2, 0.25) is 0 Å². The average molecular weight is 331 g/mol. The first-order valence-corrected chi connectivity index (χ1v) is 8.06. The Bertz CT molecular complexity index is 979. The summed E-state index contributed by atoms with van der Waals surface area (Å²) in [5.74, 6) is 0. The largest absolute Gasteiger partial charge is 0.373 e. The smallest absolute Gasteiger partial charge is 0.253 e. The second kappa shape index (κ2) is 7.02. The van der Waals surface area contributed by atoms with E-state index in [4.69, 9.17) is 5.26 Å². The van der Waals surface area contributed by atoms with Gasteiger partial charge in [-0.3, -0.25) is 9.59 Å². The topological polar surface area (TPSA) is 82.0 Å². The number of hydrogen-bond donors (Lipinski definition) is 2. The van der Waals surface area contributed by atoms with Gasteiger partial charge in [-0.05, 0) is 36.2 Å². The van der Waals surface area contributed by atoms with Crippen molar-refractivity contribution in [2.45, 2.75) is 19.4 Å². The van der Waals surface area contributed by atoms with Crippen LogP contribution in [0.3, 0.4) is 0 Å². The Morgan fingerprint density at radius 2 is 1.60 bits per heavy atom. The fraction of sp³-hybridized carbons (Fsp3) is 0.150. The molecule has 1 atom stereocenters.